The molecule has 2 aromatic rings. The molecule has 2 amide bonds. The average Bonchev–Trinajstić information content (AvgIpc) is 2.70. The molecule has 4 nitrogen and oxygen atoms in total. The van der Waals surface area contributed by atoms with Crippen LogP contribution < -0.4 is 5.32 Å². The molecule has 0 spiro atoms. The van der Waals surface area contributed by atoms with Crippen molar-refractivity contribution in [1.29, 1.82) is 0 Å². The molecule has 0 heterocycles. The van der Waals surface area contributed by atoms with Crippen LogP contribution in [0.15, 0.2) is 53.4 Å². The van der Waals surface area contributed by atoms with Gasteiger partial charge in [-0.3, -0.25) is 9.59 Å². The van der Waals surface area contributed by atoms with Crippen molar-refractivity contribution in [2.75, 3.05) is 5.75 Å². The molecule has 6 heteroatoms. The highest BCUT2D eigenvalue weighted by Gasteiger charge is 2.28. The third-order valence-corrected chi connectivity index (χ3v) is 5.95. The van der Waals surface area contributed by atoms with Crippen LogP contribution in [0.3, 0.4) is 0 Å². The fourth-order valence-electron chi connectivity index (χ4n) is 3.12. The number of halogens is 1. The van der Waals surface area contributed by atoms with Crippen molar-refractivity contribution in [1.82, 2.24) is 10.2 Å². The minimum atomic E-state index is -0.485. The zero-order chi connectivity index (χ0) is 22.1. The maximum Gasteiger partial charge on any atom is 0.243 e. The van der Waals surface area contributed by atoms with Crippen LogP contribution in [0.25, 0.3) is 0 Å². The maximum atomic E-state index is 13.2. The molecule has 2 aromatic carbocycles. The SMILES string of the molecule is CC[C@@H](C(=O)NC(C)C)N(Cc1ccc(C)cc1)C(=O)CCSc1ccc(Cl)cc1. The van der Waals surface area contributed by atoms with Crippen LogP contribution in [0.5, 0.6) is 0 Å². The largest absolute Gasteiger partial charge is 0.352 e. The molecular weight excluding hydrogens is 416 g/mol. The summed E-state index contributed by atoms with van der Waals surface area (Å²) in [5.74, 6) is 0.536. The molecule has 0 aliphatic rings. The van der Waals surface area contributed by atoms with Gasteiger partial charge in [0, 0.05) is 34.7 Å². The second kappa shape index (κ2) is 12.0. The molecule has 30 heavy (non-hydrogen) atoms. The van der Waals surface area contributed by atoms with Crippen molar-refractivity contribution < 1.29 is 9.59 Å². The van der Waals surface area contributed by atoms with E-state index in [2.05, 4.69) is 5.32 Å². The van der Waals surface area contributed by atoms with Gasteiger partial charge in [-0.25, -0.2) is 0 Å². The van der Waals surface area contributed by atoms with Gasteiger partial charge in [0.2, 0.25) is 11.8 Å². The second-order valence-corrected chi connectivity index (χ2v) is 9.25. The van der Waals surface area contributed by atoms with Gasteiger partial charge in [0.25, 0.3) is 0 Å². The molecule has 0 aromatic heterocycles. The Bertz CT molecular complexity index is 822. The number of benzene rings is 2. The van der Waals surface area contributed by atoms with Crippen molar-refractivity contribution in [3.8, 4) is 0 Å². The molecule has 0 saturated heterocycles. The number of nitrogens with zero attached hydrogens (tertiary/aromatic N) is 1. The summed E-state index contributed by atoms with van der Waals surface area (Å²) in [6.45, 7) is 8.27. The lowest BCUT2D eigenvalue weighted by atomic mass is 10.1. The summed E-state index contributed by atoms with van der Waals surface area (Å²) in [5.41, 5.74) is 2.19. The number of carbonyl (C=O) groups is 2. The zero-order valence-electron chi connectivity index (χ0n) is 18.2. The van der Waals surface area contributed by atoms with Gasteiger partial charge in [-0.1, -0.05) is 48.4 Å². The van der Waals surface area contributed by atoms with Gasteiger partial charge in [-0.05, 0) is 57.0 Å². The van der Waals surface area contributed by atoms with E-state index in [1.807, 2.05) is 76.2 Å². The van der Waals surface area contributed by atoms with Crippen molar-refractivity contribution in [3.63, 3.8) is 0 Å². The number of nitrogens with one attached hydrogen (secondary N) is 1. The Morgan fingerprint density at radius 1 is 1.07 bits per heavy atom. The molecule has 0 aliphatic heterocycles. The molecule has 0 aliphatic carbocycles. The first-order valence-corrected chi connectivity index (χ1v) is 11.7. The molecule has 0 radical (unpaired) electrons. The number of carbonyl (C=O) groups excluding carboxylic acids is 2. The highest BCUT2D eigenvalue weighted by Crippen LogP contribution is 2.22. The normalized spacial score (nSPS) is 11.9. The van der Waals surface area contributed by atoms with Crippen molar-refractivity contribution in [2.24, 2.45) is 0 Å². The molecule has 0 fully saturated rings. The summed E-state index contributed by atoms with van der Waals surface area (Å²) in [5, 5.41) is 3.66. The Balaban J connectivity index is 2.11. The first-order valence-electron chi connectivity index (χ1n) is 10.3. The third kappa shape index (κ3) is 7.69. The van der Waals surface area contributed by atoms with Crippen molar-refractivity contribution in [2.45, 2.75) is 64.1 Å². The van der Waals surface area contributed by atoms with E-state index in [1.165, 1.54) is 5.56 Å². The second-order valence-electron chi connectivity index (χ2n) is 7.65. The molecule has 1 N–H and O–H groups in total. The van der Waals surface area contributed by atoms with Gasteiger partial charge in [-0.2, -0.15) is 0 Å². The van der Waals surface area contributed by atoms with Crippen LogP contribution in [-0.4, -0.2) is 34.6 Å². The Kier molecular flexibility index (Phi) is 9.73. The van der Waals surface area contributed by atoms with Crippen molar-refractivity contribution in [3.05, 3.63) is 64.7 Å². The minimum absolute atomic E-state index is 0.0113. The van der Waals surface area contributed by atoms with Crippen molar-refractivity contribution >= 4 is 35.2 Å². The van der Waals surface area contributed by atoms with Crippen LogP contribution in [0.4, 0.5) is 0 Å². The number of hydrogen-bond donors (Lipinski definition) is 1. The minimum Gasteiger partial charge on any atom is -0.352 e. The summed E-state index contributed by atoms with van der Waals surface area (Å²) < 4.78 is 0. The van der Waals surface area contributed by atoms with E-state index >= 15 is 0 Å². The molecule has 1 atom stereocenters. The fraction of sp³-hybridized carbons (Fsp3) is 0.417. The smallest absolute Gasteiger partial charge is 0.243 e. The number of rotatable bonds is 10. The van der Waals surface area contributed by atoms with E-state index in [0.29, 0.717) is 30.2 Å². The van der Waals surface area contributed by atoms with E-state index in [1.54, 1.807) is 16.7 Å². The summed E-state index contributed by atoms with van der Waals surface area (Å²) in [6, 6.07) is 15.2. The number of thioether (sulfide) groups is 1. The summed E-state index contributed by atoms with van der Waals surface area (Å²) in [7, 11) is 0. The van der Waals surface area contributed by atoms with E-state index in [-0.39, 0.29) is 17.9 Å². The Labute approximate surface area is 189 Å². The van der Waals surface area contributed by atoms with Crippen LogP contribution in [0, 0.1) is 6.92 Å². The van der Waals surface area contributed by atoms with E-state index in [0.717, 1.165) is 10.5 Å². The Morgan fingerprint density at radius 2 is 1.70 bits per heavy atom. The lowest BCUT2D eigenvalue weighted by Gasteiger charge is -2.31. The third-order valence-electron chi connectivity index (χ3n) is 4.69. The van der Waals surface area contributed by atoms with Gasteiger partial charge in [0.05, 0.1) is 0 Å². The van der Waals surface area contributed by atoms with Crippen LogP contribution >= 0.6 is 23.4 Å². The monoisotopic (exact) mass is 446 g/mol. The van der Waals surface area contributed by atoms with Gasteiger partial charge in [-0.15, -0.1) is 11.8 Å². The Morgan fingerprint density at radius 3 is 2.27 bits per heavy atom. The van der Waals surface area contributed by atoms with Gasteiger partial charge in [0.15, 0.2) is 0 Å². The first-order chi connectivity index (χ1) is 14.3. The standard InChI is InChI=1S/C24H31ClN2O2S/c1-5-22(24(29)26-17(2)3)27(16-19-8-6-18(4)7-9-19)23(28)14-15-30-21-12-10-20(25)11-13-21/h6-13,17,22H,5,14-16H2,1-4H3,(H,26,29)/t22-/m0/s1. The summed E-state index contributed by atoms with van der Waals surface area (Å²) in [6.07, 6.45) is 0.936. The highest BCUT2D eigenvalue weighted by molar-refractivity contribution is 7.99. The van der Waals surface area contributed by atoms with E-state index < -0.39 is 6.04 Å². The predicted octanol–water partition coefficient (Wildman–Crippen LogP) is 5.46. The maximum absolute atomic E-state index is 13.2. The topological polar surface area (TPSA) is 49.4 Å². The molecule has 0 unspecified atom stereocenters. The summed E-state index contributed by atoms with van der Waals surface area (Å²) in [4.78, 5) is 28.7. The van der Waals surface area contributed by atoms with E-state index in [9.17, 15) is 9.59 Å². The molecule has 2 rings (SSSR count). The lowest BCUT2D eigenvalue weighted by Crippen LogP contribution is -2.50. The van der Waals surface area contributed by atoms with Gasteiger partial charge in [0.1, 0.15) is 6.04 Å². The molecule has 162 valence electrons. The highest BCUT2D eigenvalue weighted by atomic mass is 35.5. The van der Waals surface area contributed by atoms with Gasteiger partial charge < -0.3 is 10.2 Å². The van der Waals surface area contributed by atoms with E-state index in [4.69, 9.17) is 11.6 Å². The quantitative estimate of drug-likeness (QED) is 0.493. The predicted molar refractivity (Wildman–Crippen MR) is 126 cm³/mol. The summed E-state index contributed by atoms with van der Waals surface area (Å²) >= 11 is 7.55. The number of hydrogen-bond acceptors (Lipinski definition) is 3. The Hall–Kier alpha value is -1.98. The first kappa shape index (κ1) is 24.3. The molecule has 0 saturated carbocycles. The number of amides is 2. The van der Waals surface area contributed by atoms with Crippen LogP contribution in [0.2, 0.25) is 5.02 Å². The lowest BCUT2D eigenvalue weighted by molar-refractivity contribution is -0.141. The zero-order valence-corrected chi connectivity index (χ0v) is 19.7. The van der Waals surface area contributed by atoms with Gasteiger partial charge >= 0.3 is 0 Å². The number of aryl methyl sites for hydroxylation is 1. The average molecular weight is 447 g/mol. The fourth-order valence-corrected chi connectivity index (χ4v) is 4.09. The molecule has 0 bridgehead atoms. The molecular formula is C24H31ClN2O2S. The van der Waals surface area contributed by atoms with Crippen LogP contribution in [0.1, 0.15) is 44.7 Å². The van der Waals surface area contributed by atoms with Crippen LogP contribution in [-0.2, 0) is 16.1 Å².